The number of nitrogens with one attached hydrogen (secondary N) is 7. The Hall–Kier alpha value is -6.19. The number of aliphatic hydroxyl groups excluding tert-OH is 1. The molecule has 15 heterocycles. The van der Waals surface area contributed by atoms with Crippen LogP contribution < -0.4 is 71.6 Å². The molecule has 7 atom stereocenters. The lowest BCUT2D eigenvalue weighted by molar-refractivity contribution is 0.266. The molecule has 0 saturated heterocycles. The van der Waals surface area contributed by atoms with Gasteiger partial charge in [0.25, 0.3) is 0 Å². The summed E-state index contributed by atoms with van der Waals surface area (Å²) < 4.78 is 25.6. The lowest BCUT2D eigenvalue weighted by atomic mass is 10.1. The molecule has 0 radical (unpaired) electrons. The first-order valence-corrected chi connectivity index (χ1v) is 45.4. The number of hydrogen-bond acceptors (Lipinski definition) is 29. The number of alkyl halides is 1. The van der Waals surface area contributed by atoms with Crippen molar-refractivity contribution in [3.63, 3.8) is 0 Å². The van der Waals surface area contributed by atoms with E-state index in [1.165, 1.54) is 30.8 Å². The fourth-order valence-corrected chi connectivity index (χ4v) is 20.8. The molecule has 592 valence electrons. The van der Waals surface area contributed by atoms with Crippen molar-refractivity contribution in [2.45, 2.75) is 116 Å². The van der Waals surface area contributed by atoms with Crippen molar-refractivity contribution < 1.29 is 13.9 Å². The number of aliphatic hydroxyl groups is 1. The van der Waals surface area contributed by atoms with Gasteiger partial charge >= 0.3 is 0 Å². The van der Waals surface area contributed by atoms with E-state index in [0.29, 0.717) is 60.1 Å². The lowest BCUT2D eigenvalue weighted by Crippen LogP contribution is -2.40. The Kier molecular flexibility index (Phi) is 32.6. The lowest BCUT2D eigenvalue weighted by Gasteiger charge is -2.13. The van der Waals surface area contributed by atoms with Crippen LogP contribution >= 0.6 is 176 Å². The van der Waals surface area contributed by atoms with Gasteiger partial charge in [-0.05, 0) is 139 Å². The van der Waals surface area contributed by atoms with Gasteiger partial charge in [0, 0.05) is 135 Å². The molecule has 0 aliphatic rings. The number of thiophene rings is 9. The van der Waals surface area contributed by atoms with Crippen LogP contribution in [0.25, 0.3) is 51.1 Å². The summed E-state index contributed by atoms with van der Waals surface area (Å²) in [5.41, 5.74) is 44.0. The highest BCUT2D eigenvalue weighted by molar-refractivity contribution is 9.10. The molecule has 15 rings (SSSR count). The first-order chi connectivity index (χ1) is 53.9. The third-order valence-electron chi connectivity index (χ3n) is 16.4. The number of nitrogens with zero attached hydrogens (tertiary/aromatic N) is 5. The van der Waals surface area contributed by atoms with E-state index in [4.69, 9.17) is 102 Å². The molecule has 0 aromatic carbocycles. The summed E-state index contributed by atoms with van der Waals surface area (Å²) in [4.78, 5) is 29.7. The van der Waals surface area contributed by atoms with Crippen LogP contribution in [0, 0.1) is 0 Å². The van der Waals surface area contributed by atoms with Gasteiger partial charge in [-0.2, -0.15) is 0 Å². The second-order valence-electron chi connectivity index (χ2n) is 25.9. The zero-order valence-electron chi connectivity index (χ0n) is 60.8. The molecule has 0 spiro atoms. The van der Waals surface area contributed by atoms with Gasteiger partial charge in [-0.3, -0.25) is 0 Å². The van der Waals surface area contributed by atoms with Crippen LogP contribution in [0.2, 0.25) is 25.8 Å². The molecule has 0 aliphatic heterocycles. The fraction of sp³-hybridized carbons (Fsp3) is 0.276. The highest BCUT2D eigenvalue weighted by atomic mass is 79.9. The average Bonchev–Trinajstić information content (AvgIpc) is 1.64. The summed E-state index contributed by atoms with van der Waals surface area (Å²) in [6, 6.07) is 36.9. The molecule has 0 amide bonds. The number of fused-ring (bicyclic) bond motifs is 5. The van der Waals surface area contributed by atoms with E-state index in [2.05, 4.69) is 131 Å². The Bertz CT molecular complexity index is 5280. The Morgan fingerprint density at radius 3 is 1.17 bits per heavy atom. The van der Waals surface area contributed by atoms with Gasteiger partial charge in [-0.1, -0.05) is 82.3 Å². The topological polar surface area (TPSA) is 338 Å². The molecule has 112 heavy (non-hydrogen) atoms. The number of nitrogens with two attached hydrogens (primary N) is 6. The van der Waals surface area contributed by atoms with Crippen molar-refractivity contribution in [2.75, 3.05) is 56.9 Å². The van der Waals surface area contributed by atoms with Crippen molar-refractivity contribution in [3.8, 4) is 0 Å². The predicted octanol–water partition coefficient (Wildman–Crippen LogP) is 21.4. The summed E-state index contributed by atoms with van der Waals surface area (Å²) in [6.45, 7) is 12.6. The van der Waals surface area contributed by atoms with Crippen LogP contribution in [0.5, 0.6) is 0 Å². The van der Waals surface area contributed by atoms with Crippen molar-refractivity contribution in [2.24, 2.45) is 34.4 Å². The van der Waals surface area contributed by atoms with Gasteiger partial charge in [0.2, 0.25) is 0 Å². The summed E-state index contributed by atoms with van der Waals surface area (Å²) in [7, 11) is 0. The van der Waals surface area contributed by atoms with E-state index in [9.17, 15) is 4.39 Å². The van der Waals surface area contributed by atoms with Crippen molar-refractivity contribution in [1.29, 1.82) is 0 Å². The molecule has 1 unspecified atom stereocenters. The SMILES string of the molecule is C[C@@H](N)CNc1cc2nc(Cl)cc(NCc3cccs3)c2s1.C[C@@H](N)[C@H](N)Cc1cc2nc(Cl)cc(NCc3ccco3)c2s1.C[C@H](N)C(F)c1sc2c(NCc3cccs3)cc(Cl)nc2c1Br.C[C@H](N)CNc1cc2nc(Cl)cc(NCc3cccs3)c2s1.N[C@@H](CO)Cc1cc2nc(Cl)cc(NCc3cccs3)c2s1. The number of aromatic nitrogens is 5. The molecule has 15 aromatic rings. The van der Waals surface area contributed by atoms with Crippen LogP contribution in [0.15, 0.2) is 152 Å². The molecule has 15 aromatic heterocycles. The van der Waals surface area contributed by atoms with Crippen LogP contribution in [0.4, 0.5) is 42.8 Å². The normalized spacial score (nSPS) is 13.2. The molecule has 0 bridgehead atoms. The number of hydrogen-bond donors (Lipinski definition) is 14. The Morgan fingerprint density at radius 1 is 0.438 bits per heavy atom. The predicted molar refractivity (Wildman–Crippen MR) is 489 cm³/mol. The van der Waals surface area contributed by atoms with Gasteiger partial charge < -0.3 is 81.1 Å². The molecule has 0 aliphatic carbocycles. The zero-order chi connectivity index (χ0) is 79.5. The first kappa shape index (κ1) is 86.7. The maximum absolute atomic E-state index is 14.4. The van der Waals surface area contributed by atoms with Crippen molar-refractivity contribution in [1.82, 2.24) is 24.9 Å². The van der Waals surface area contributed by atoms with Crippen molar-refractivity contribution >= 4 is 265 Å². The summed E-state index contributed by atoms with van der Waals surface area (Å²) in [6.07, 6.45) is 1.78. The molecule has 20 N–H and O–H groups in total. The number of rotatable bonds is 29. The quantitative estimate of drug-likeness (QED) is 0.0194. The largest absolute Gasteiger partial charge is 0.467 e. The van der Waals surface area contributed by atoms with Crippen LogP contribution in [-0.4, -0.2) is 86.0 Å². The highest BCUT2D eigenvalue weighted by Gasteiger charge is 2.25. The second kappa shape index (κ2) is 42.1. The van der Waals surface area contributed by atoms with E-state index in [1.54, 1.807) is 110 Å². The minimum Gasteiger partial charge on any atom is -0.467 e. The Morgan fingerprint density at radius 2 is 0.812 bits per heavy atom. The molecular formula is C76H83BrCl5FN18O2S9. The average molecular weight is 1850 g/mol. The van der Waals surface area contributed by atoms with Gasteiger partial charge in [-0.15, -0.1) is 102 Å². The Labute approximate surface area is 717 Å². The third-order valence-corrected chi connectivity index (χ3v) is 27.8. The minimum absolute atomic E-state index is 0.0219. The second-order valence-corrected chi connectivity index (χ2v) is 38.2. The van der Waals surface area contributed by atoms with Crippen molar-refractivity contribution in [3.05, 3.63) is 213 Å². The molecule has 36 heteroatoms. The van der Waals surface area contributed by atoms with Crippen LogP contribution in [0.1, 0.15) is 73.8 Å². The van der Waals surface area contributed by atoms with E-state index in [1.807, 2.05) is 98.9 Å². The summed E-state index contributed by atoms with van der Waals surface area (Å²) in [5.74, 6) is 0.863. The highest BCUT2D eigenvalue weighted by Crippen LogP contribution is 2.45. The minimum atomic E-state index is -1.24. The number of furan rings is 1. The van der Waals surface area contributed by atoms with Gasteiger partial charge in [0.05, 0.1) is 118 Å². The van der Waals surface area contributed by atoms with Gasteiger partial charge in [-0.25, -0.2) is 29.3 Å². The van der Waals surface area contributed by atoms with E-state index in [-0.39, 0.29) is 36.8 Å². The molecular weight excluding hydrogens is 1760 g/mol. The van der Waals surface area contributed by atoms with Gasteiger partial charge in [0.1, 0.15) is 31.5 Å². The van der Waals surface area contributed by atoms with E-state index in [0.717, 1.165) is 139 Å². The Balaban J connectivity index is 0.000000138. The summed E-state index contributed by atoms with van der Waals surface area (Å²) in [5, 5.41) is 45.5. The molecule has 0 fully saturated rings. The van der Waals surface area contributed by atoms with E-state index >= 15 is 0 Å². The van der Waals surface area contributed by atoms with Crippen LogP contribution in [-0.2, 0) is 45.6 Å². The monoisotopic (exact) mass is 1840 g/mol. The zero-order valence-corrected chi connectivity index (χ0v) is 73.6. The maximum atomic E-state index is 14.4. The maximum Gasteiger partial charge on any atom is 0.150 e. The number of pyridine rings is 5. The van der Waals surface area contributed by atoms with Gasteiger partial charge in [0.15, 0.2) is 6.17 Å². The standard InChI is InChI=1S/C16H19ClN4OS.C15H14BrClFN3S2.2C15H17ClN4S2.C15H16ClN3OS2/c1-9(18)12(19)5-11-6-14-16(23-11)13(7-15(17)21-14)20-8-10-3-2-4-22-10;1-7(19)12(18)15-11(16)13-14(23-15)9(5-10(17)21-13)20-6-8-3-2-4-22-8;2*1-9(17)7-19-14-6-12-15(22-14)11(5-13(16)20-12)18-8-10-3-2-4-21-10;16-14-6-12(18-7-10-2-1-3-21-10)15-13(19-14)5-11(22-15)4-9(17)8-20/h2-4,6-7,9,12H,5,8,18-19H2,1H3,(H,20,21);2-5,7,12H,6,19H2,1H3,(H,20,21);2*2-6,9,19H,7-8,17H2,1H3,(H,18,20);1-3,5-6,9,20H,4,7-8,17H2,(H,18,19)/t9-,12-;7-,12?;3*9-/m10101/s1. The first-order valence-electron chi connectivity index (χ1n) is 35.1. The smallest absolute Gasteiger partial charge is 0.150 e. The summed E-state index contributed by atoms with van der Waals surface area (Å²) >= 11 is 48.9. The molecule has 0 saturated carbocycles. The fourth-order valence-electron chi connectivity index (χ4n) is 10.8. The van der Waals surface area contributed by atoms with Crippen LogP contribution in [0.3, 0.4) is 0 Å². The number of halogens is 7. The van der Waals surface area contributed by atoms with E-state index < -0.39 is 12.2 Å². The third kappa shape index (κ3) is 24.9. The number of anilines is 7. The molecule has 20 nitrogen and oxygen atoms in total.